The van der Waals surface area contributed by atoms with Crippen molar-refractivity contribution in [3.8, 4) is 5.75 Å². The molecule has 22 heavy (non-hydrogen) atoms. The number of fused-ring (bicyclic) bond motifs is 1. The zero-order chi connectivity index (χ0) is 16.0. The van der Waals surface area contributed by atoms with Crippen molar-refractivity contribution in [3.63, 3.8) is 0 Å². The highest BCUT2D eigenvalue weighted by molar-refractivity contribution is 7.88. The van der Waals surface area contributed by atoms with Gasteiger partial charge < -0.3 is 8.92 Å². The van der Waals surface area contributed by atoms with Crippen LogP contribution in [0, 0.1) is 0 Å². The Hall–Kier alpha value is -1.80. The summed E-state index contributed by atoms with van der Waals surface area (Å²) in [5.74, 6) is -0.286. The maximum Gasteiger partial charge on any atom is 0.534 e. The van der Waals surface area contributed by atoms with E-state index in [0.29, 0.717) is 29.4 Å². The monoisotopic (exact) mass is 332 g/mol. The molecule has 0 radical (unpaired) electrons. The van der Waals surface area contributed by atoms with Crippen LogP contribution in [0.4, 0.5) is 13.2 Å². The van der Waals surface area contributed by atoms with Crippen LogP contribution >= 0.6 is 0 Å². The van der Waals surface area contributed by atoms with Gasteiger partial charge in [-0.3, -0.25) is 0 Å². The second-order valence-electron chi connectivity index (χ2n) is 4.92. The van der Waals surface area contributed by atoms with E-state index in [4.69, 9.17) is 4.74 Å². The number of halogens is 3. The van der Waals surface area contributed by atoms with Crippen molar-refractivity contribution in [2.75, 3.05) is 6.61 Å². The van der Waals surface area contributed by atoms with Gasteiger partial charge in [0.2, 0.25) is 0 Å². The number of epoxide rings is 1. The minimum Gasteiger partial charge on any atom is -0.375 e. The normalized spacial score (nSPS) is 18.4. The Labute approximate surface area is 124 Å². The van der Waals surface area contributed by atoms with Gasteiger partial charge in [-0.2, -0.15) is 21.6 Å². The summed E-state index contributed by atoms with van der Waals surface area (Å²) in [5.41, 5.74) is -5.11. The Morgan fingerprint density at radius 3 is 2.50 bits per heavy atom. The molecule has 1 unspecified atom stereocenters. The molecule has 1 aliphatic rings. The van der Waals surface area contributed by atoms with Crippen LogP contribution in [-0.4, -0.2) is 26.6 Å². The molecule has 1 fully saturated rings. The third-order valence-corrected chi connectivity index (χ3v) is 4.24. The summed E-state index contributed by atoms with van der Waals surface area (Å²) in [6, 6.07) is 9.76. The molecule has 4 nitrogen and oxygen atoms in total. The highest BCUT2D eigenvalue weighted by Gasteiger charge is 2.49. The molecule has 0 aliphatic carbocycles. The quantitative estimate of drug-likeness (QED) is 0.491. The van der Waals surface area contributed by atoms with E-state index in [0.717, 1.165) is 0 Å². The Balaban J connectivity index is 2.11. The fourth-order valence-corrected chi connectivity index (χ4v) is 2.65. The maximum atomic E-state index is 12.6. The van der Waals surface area contributed by atoms with Gasteiger partial charge in [0.25, 0.3) is 0 Å². The first-order chi connectivity index (χ1) is 10.3. The third kappa shape index (κ3) is 2.89. The average molecular weight is 332 g/mol. The molecule has 0 saturated carbocycles. The summed E-state index contributed by atoms with van der Waals surface area (Å²) in [4.78, 5) is 0. The topological polar surface area (TPSA) is 55.9 Å². The summed E-state index contributed by atoms with van der Waals surface area (Å²) < 4.78 is 69.9. The van der Waals surface area contributed by atoms with Crippen molar-refractivity contribution in [2.24, 2.45) is 0 Å². The SMILES string of the molecule is O=S(=O)(Oc1c(CC2CO2)ccc2ccccc12)C(F)(F)F. The van der Waals surface area contributed by atoms with Crippen LogP contribution in [-0.2, 0) is 21.3 Å². The lowest BCUT2D eigenvalue weighted by atomic mass is 10.0. The zero-order valence-electron chi connectivity index (χ0n) is 11.1. The number of ether oxygens (including phenoxy) is 1. The molecule has 2 aromatic rings. The van der Waals surface area contributed by atoms with Crippen LogP contribution in [0.15, 0.2) is 36.4 Å². The molecule has 3 rings (SSSR count). The van der Waals surface area contributed by atoms with Gasteiger partial charge in [0, 0.05) is 11.8 Å². The molecule has 1 aliphatic heterocycles. The van der Waals surface area contributed by atoms with E-state index < -0.39 is 15.6 Å². The molecule has 2 aromatic carbocycles. The Morgan fingerprint density at radius 1 is 1.18 bits per heavy atom. The van der Waals surface area contributed by atoms with Crippen LogP contribution in [0.1, 0.15) is 5.56 Å². The van der Waals surface area contributed by atoms with E-state index in [1.807, 2.05) is 0 Å². The fraction of sp³-hybridized carbons (Fsp3) is 0.286. The molecular formula is C14H11F3O4S. The lowest BCUT2D eigenvalue weighted by Gasteiger charge is -2.15. The Kier molecular flexibility index (Phi) is 3.53. The molecule has 118 valence electrons. The molecular weight excluding hydrogens is 321 g/mol. The number of benzene rings is 2. The molecule has 0 aromatic heterocycles. The largest absolute Gasteiger partial charge is 0.534 e. The predicted molar refractivity (Wildman–Crippen MR) is 73.0 cm³/mol. The first-order valence-corrected chi connectivity index (χ1v) is 7.82. The maximum absolute atomic E-state index is 12.6. The number of alkyl halides is 3. The van der Waals surface area contributed by atoms with Crippen LogP contribution in [0.3, 0.4) is 0 Å². The first kappa shape index (κ1) is 15.1. The third-order valence-electron chi connectivity index (χ3n) is 3.29. The van der Waals surface area contributed by atoms with Crippen LogP contribution in [0.5, 0.6) is 5.75 Å². The number of rotatable bonds is 4. The lowest BCUT2D eigenvalue weighted by Crippen LogP contribution is -2.28. The van der Waals surface area contributed by atoms with Gasteiger partial charge in [-0.25, -0.2) is 0 Å². The van der Waals surface area contributed by atoms with E-state index in [1.54, 1.807) is 30.3 Å². The second-order valence-corrected chi connectivity index (χ2v) is 6.46. The van der Waals surface area contributed by atoms with E-state index in [-0.39, 0.29) is 11.9 Å². The van der Waals surface area contributed by atoms with Gasteiger partial charge in [0.05, 0.1) is 12.7 Å². The van der Waals surface area contributed by atoms with Gasteiger partial charge >= 0.3 is 15.6 Å². The summed E-state index contributed by atoms with van der Waals surface area (Å²) in [6.45, 7) is 0.498. The zero-order valence-corrected chi connectivity index (χ0v) is 11.9. The molecule has 1 atom stereocenters. The van der Waals surface area contributed by atoms with Crippen LogP contribution in [0.25, 0.3) is 10.8 Å². The van der Waals surface area contributed by atoms with Crippen molar-refractivity contribution < 1.29 is 30.5 Å². The Bertz CT molecular complexity index is 810. The van der Waals surface area contributed by atoms with Crippen LogP contribution < -0.4 is 4.18 Å². The molecule has 0 N–H and O–H groups in total. The summed E-state index contributed by atoms with van der Waals surface area (Å²) in [6.07, 6.45) is 0.185. The molecule has 0 amide bonds. The second kappa shape index (κ2) is 5.13. The fourth-order valence-electron chi connectivity index (χ4n) is 2.14. The molecule has 1 heterocycles. The molecule has 0 spiro atoms. The standard InChI is InChI=1S/C14H11F3O4S/c15-14(16,17)22(18,19)21-13-10(7-11-8-20-11)6-5-9-3-1-2-4-12(9)13/h1-6,11H,7-8H2. The lowest BCUT2D eigenvalue weighted by molar-refractivity contribution is -0.0499. The van der Waals surface area contributed by atoms with Gasteiger partial charge in [-0.1, -0.05) is 36.4 Å². The van der Waals surface area contributed by atoms with Gasteiger partial charge in [-0.05, 0) is 10.9 Å². The minimum atomic E-state index is -5.72. The number of hydrogen-bond acceptors (Lipinski definition) is 4. The van der Waals surface area contributed by atoms with E-state index in [1.165, 1.54) is 6.07 Å². The van der Waals surface area contributed by atoms with E-state index in [2.05, 4.69) is 4.18 Å². The molecule has 8 heteroatoms. The van der Waals surface area contributed by atoms with Crippen molar-refractivity contribution in [1.29, 1.82) is 0 Å². The minimum absolute atomic E-state index is 0.114. The van der Waals surface area contributed by atoms with E-state index in [9.17, 15) is 21.6 Å². The van der Waals surface area contributed by atoms with Crippen molar-refractivity contribution >= 4 is 20.9 Å². The summed E-state index contributed by atoms with van der Waals surface area (Å²) in [5, 5.41) is 0.906. The van der Waals surface area contributed by atoms with Crippen molar-refractivity contribution in [3.05, 3.63) is 42.0 Å². The average Bonchev–Trinajstić information content (AvgIpc) is 3.24. The Morgan fingerprint density at radius 2 is 1.86 bits per heavy atom. The van der Waals surface area contributed by atoms with E-state index >= 15 is 0 Å². The summed E-state index contributed by atoms with van der Waals surface area (Å²) >= 11 is 0. The van der Waals surface area contributed by atoms with Crippen LogP contribution in [0.2, 0.25) is 0 Å². The molecule has 1 saturated heterocycles. The van der Waals surface area contributed by atoms with Gasteiger partial charge in [0.1, 0.15) is 0 Å². The highest BCUT2D eigenvalue weighted by Crippen LogP contribution is 2.36. The predicted octanol–water partition coefficient (Wildman–Crippen LogP) is 3.01. The number of hydrogen-bond donors (Lipinski definition) is 0. The van der Waals surface area contributed by atoms with Crippen molar-refractivity contribution in [2.45, 2.75) is 18.0 Å². The van der Waals surface area contributed by atoms with Crippen molar-refractivity contribution in [1.82, 2.24) is 0 Å². The summed E-state index contributed by atoms with van der Waals surface area (Å²) in [7, 11) is -5.72. The highest BCUT2D eigenvalue weighted by atomic mass is 32.2. The van der Waals surface area contributed by atoms with Gasteiger partial charge in [0.15, 0.2) is 5.75 Å². The first-order valence-electron chi connectivity index (χ1n) is 6.41. The van der Waals surface area contributed by atoms with Gasteiger partial charge in [-0.15, -0.1) is 0 Å². The smallest absolute Gasteiger partial charge is 0.375 e. The molecule has 0 bridgehead atoms.